The van der Waals surface area contributed by atoms with E-state index in [4.69, 9.17) is 4.74 Å². The first-order chi connectivity index (χ1) is 8.43. The van der Waals surface area contributed by atoms with Gasteiger partial charge in [0.25, 0.3) is 0 Å². The van der Waals surface area contributed by atoms with Gasteiger partial charge in [-0.2, -0.15) is 0 Å². The van der Waals surface area contributed by atoms with Gasteiger partial charge in [0.05, 0.1) is 6.61 Å². The average molecular weight is 248 g/mol. The third-order valence-corrected chi connectivity index (χ3v) is 2.99. The second-order valence-corrected chi connectivity index (χ2v) is 5.22. The molecule has 0 spiro atoms. The molecule has 0 saturated heterocycles. The first kappa shape index (κ1) is 14.7. The summed E-state index contributed by atoms with van der Waals surface area (Å²) >= 11 is 0. The molecule has 0 heterocycles. The van der Waals surface area contributed by atoms with Crippen molar-refractivity contribution in [3.63, 3.8) is 0 Å². The first-order valence-corrected chi connectivity index (χ1v) is 6.66. The summed E-state index contributed by atoms with van der Waals surface area (Å²) in [5, 5.41) is 0. The standard InChI is InChI=1S/C16H24O2/c1-6-18-16-13(4)7-11(2)9-15(16)10-12(3)8-14(5)17/h7,9,12H,6,8,10H2,1-5H3. The van der Waals surface area contributed by atoms with E-state index in [1.54, 1.807) is 6.92 Å². The highest BCUT2D eigenvalue weighted by molar-refractivity contribution is 5.75. The van der Waals surface area contributed by atoms with Gasteiger partial charge in [-0.05, 0) is 51.2 Å². The number of carbonyl (C=O) groups excluding carboxylic acids is 1. The second kappa shape index (κ2) is 6.58. The Morgan fingerprint density at radius 2 is 2.00 bits per heavy atom. The smallest absolute Gasteiger partial charge is 0.130 e. The van der Waals surface area contributed by atoms with Crippen LogP contribution in [0.25, 0.3) is 0 Å². The molecule has 18 heavy (non-hydrogen) atoms. The van der Waals surface area contributed by atoms with Crippen molar-refractivity contribution in [2.45, 2.75) is 47.5 Å². The SMILES string of the molecule is CCOc1c(C)cc(C)cc1CC(C)CC(C)=O. The fourth-order valence-corrected chi connectivity index (χ4v) is 2.48. The first-order valence-electron chi connectivity index (χ1n) is 6.66. The van der Waals surface area contributed by atoms with Gasteiger partial charge in [0.15, 0.2) is 0 Å². The van der Waals surface area contributed by atoms with E-state index < -0.39 is 0 Å². The van der Waals surface area contributed by atoms with Crippen molar-refractivity contribution in [3.05, 3.63) is 28.8 Å². The number of aryl methyl sites for hydroxylation is 2. The molecule has 1 atom stereocenters. The van der Waals surface area contributed by atoms with Crippen LogP contribution in [0.1, 0.15) is 43.9 Å². The number of ketones is 1. The summed E-state index contributed by atoms with van der Waals surface area (Å²) in [6.45, 7) is 10.6. The topological polar surface area (TPSA) is 26.3 Å². The van der Waals surface area contributed by atoms with Crippen molar-refractivity contribution in [1.29, 1.82) is 0 Å². The molecule has 1 rings (SSSR count). The second-order valence-electron chi connectivity index (χ2n) is 5.22. The van der Waals surface area contributed by atoms with E-state index in [9.17, 15) is 4.79 Å². The quantitative estimate of drug-likeness (QED) is 0.764. The van der Waals surface area contributed by atoms with Gasteiger partial charge in [-0.3, -0.25) is 0 Å². The molecule has 0 aliphatic heterocycles. The molecule has 0 aliphatic carbocycles. The van der Waals surface area contributed by atoms with Gasteiger partial charge in [0.1, 0.15) is 11.5 Å². The summed E-state index contributed by atoms with van der Waals surface area (Å²) in [4.78, 5) is 11.2. The lowest BCUT2D eigenvalue weighted by molar-refractivity contribution is -0.117. The minimum atomic E-state index is 0.254. The highest BCUT2D eigenvalue weighted by Gasteiger charge is 2.13. The van der Waals surface area contributed by atoms with Gasteiger partial charge in [-0.25, -0.2) is 0 Å². The van der Waals surface area contributed by atoms with E-state index >= 15 is 0 Å². The number of ether oxygens (including phenoxy) is 1. The van der Waals surface area contributed by atoms with Gasteiger partial charge in [0.2, 0.25) is 0 Å². The molecule has 0 radical (unpaired) electrons. The van der Waals surface area contributed by atoms with Crippen LogP contribution >= 0.6 is 0 Å². The van der Waals surface area contributed by atoms with E-state index in [0.717, 1.165) is 12.2 Å². The van der Waals surface area contributed by atoms with Crippen LogP contribution in [0.5, 0.6) is 5.75 Å². The molecule has 1 unspecified atom stereocenters. The minimum absolute atomic E-state index is 0.254. The Labute approximate surface area is 110 Å². The molecule has 0 bridgehead atoms. The molecule has 100 valence electrons. The highest BCUT2D eigenvalue weighted by atomic mass is 16.5. The summed E-state index contributed by atoms with van der Waals surface area (Å²) in [5.74, 6) is 1.62. The molecular formula is C16H24O2. The Morgan fingerprint density at radius 3 is 2.56 bits per heavy atom. The third kappa shape index (κ3) is 4.17. The van der Waals surface area contributed by atoms with Crippen LogP contribution in [0.4, 0.5) is 0 Å². The molecule has 0 aromatic heterocycles. The van der Waals surface area contributed by atoms with Crippen molar-refractivity contribution >= 4 is 5.78 Å². The maximum atomic E-state index is 11.2. The zero-order valence-corrected chi connectivity index (χ0v) is 12.2. The van der Waals surface area contributed by atoms with Gasteiger partial charge >= 0.3 is 0 Å². The minimum Gasteiger partial charge on any atom is -0.493 e. The molecular weight excluding hydrogens is 224 g/mol. The molecule has 0 fully saturated rings. The van der Waals surface area contributed by atoms with Gasteiger partial charge in [-0.15, -0.1) is 0 Å². The molecule has 0 saturated carbocycles. The predicted octanol–water partition coefficient (Wildman–Crippen LogP) is 3.86. The Hall–Kier alpha value is -1.31. The number of hydrogen-bond acceptors (Lipinski definition) is 2. The van der Waals surface area contributed by atoms with E-state index in [1.807, 2.05) is 6.92 Å². The average Bonchev–Trinajstić information content (AvgIpc) is 2.21. The molecule has 2 heteroatoms. The van der Waals surface area contributed by atoms with Crippen LogP contribution in [0, 0.1) is 19.8 Å². The van der Waals surface area contributed by atoms with E-state index in [2.05, 4.69) is 32.9 Å². The van der Waals surface area contributed by atoms with Crippen LogP contribution < -0.4 is 4.74 Å². The van der Waals surface area contributed by atoms with Crippen molar-refractivity contribution in [3.8, 4) is 5.75 Å². The Bertz CT molecular complexity index is 421. The van der Waals surface area contributed by atoms with Crippen LogP contribution in [0.15, 0.2) is 12.1 Å². The van der Waals surface area contributed by atoms with Crippen molar-refractivity contribution in [1.82, 2.24) is 0 Å². The summed E-state index contributed by atoms with van der Waals surface area (Å²) in [5.41, 5.74) is 3.66. The lowest BCUT2D eigenvalue weighted by Crippen LogP contribution is -2.08. The number of benzene rings is 1. The predicted molar refractivity (Wildman–Crippen MR) is 75.3 cm³/mol. The zero-order valence-electron chi connectivity index (χ0n) is 12.2. The number of Topliss-reactive ketones (excluding diaryl/α,β-unsaturated/α-hetero) is 1. The maximum absolute atomic E-state index is 11.2. The molecule has 0 N–H and O–H groups in total. The van der Waals surface area contributed by atoms with Gasteiger partial charge in [0, 0.05) is 6.42 Å². The summed E-state index contributed by atoms with van der Waals surface area (Å²) in [6, 6.07) is 4.32. The molecule has 0 amide bonds. The number of rotatable bonds is 6. The Balaban J connectivity index is 2.95. The summed E-state index contributed by atoms with van der Waals surface area (Å²) < 4.78 is 5.74. The summed E-state index contributed by atoms with van der Waals surface area (Å²) in [7, 11) is 0. The molecule has 1 aromatic carbocycles. The zero-order chi connectivity index (χ0) is 13.7. The normalized spacial score (nSPS) is 12.3. The lowest BCUT2D eigenvalue weighted by atomic mass is 9.93. The van der Waals surface area contributed by atoms with Crippen molar-refractivity contribution < 1.29 is 9.53 Å². The fraction of sp³-hybridized carbons (Fsp3) is 0.562. The lowest BCUT2D eigenvalue weighted by Gasteiger charge is -2.17. The Kier molecular flexibility index (Phi) is 5.39. The largest absolute Gasteiger partial charge is 0.493 e. The van der Waals surface area contributed by atoms with Crippen molar-refractivity contribution in [2.75, 3.05) is 6.61 Å². The van der Waals surface area contributed by atoms with Crippen LogP contribution in [0.2, 0.25) is 0 Å². The molecule has 0 aliphatic rings. The third-order valence-electron chi connectivity index (χ3n) is 2.99. The highest BCUT2D eigenvalue weighted by Crippen LogP contribution is 2.28. The molecule has 1 aromatic rings. The van der Waals surface area contributed by atoms with Crippen LogP contribution in [-0.2, 0) is 11.2 Å². The van der Waals surface area contributed by atoms with Crippen molar-refractivity contribution in [2.24, 2.45) is 5.92 Å². The van der Waals surface area contributed by atoms with Crippen LogP contribution in [0.3, 0.4) is 0 Å². The van der Waals surface area contributed by atoms with E-state index in [1.165, 1.54) is 16.7 Å². The van der Waals surface area contributed by atoms with Gasteiger partial charge < -0.3 is 9.53 Å². The van der Waals surface area contributed by atoms with E-state index in [-0.39, 0.29) is 5.78 Å². The number of carbonyl (C=O) groups is 1. The van der Waals surface area contributed by atoms with Gasteiger partial charge in [-0.1, -0.05) is 24.6 Å². The van der Waals surface area contributed by atoms with E-state index in [0.29, 0.717) is 18.9 Å². The summed E-state index contributed by atoms with van der Waals surface area (Å²) in [6.07, 6.45) is 1.54. The number of hydrogen-bond donors (Lipinski definition) is 0. The fourth-order valence-electron chi connectivity index (χ4n) is 2.48. The Morgan fingerprint density at radius 1 is 1.33 bits per heavy atom. The monoisotopic (exact) mass is 248 g/mol. The molecule has 2 nitrogen and oxygen atoms in total. The van der Waals surface area contributed by atoms with Crippen LogP contribution in [-0.4, -0.2) is 12.4 Å². The maximum Gasteiger partial charge on any atom is 0.130 e.